The summed E-state index contributed by atoms with van der Waals surface area (Å²) >= 11 is 14.2. The van der Waals surface area contributed by atoms with Crippen LogP contribution in [0.25, 0.3) is 0 Å². The molecule has 37 heavy (non-hydrogen) atoms. The molecule has 0 fully saturated rings. The average molecular weight is 558 g/mol. The minimum Gasteiger partial charge on any atom is -0.352 e. The summed E-state index contributed by atoms with van der Waals surface area (Å²) in [5, 5.41) is 4.09. The van der Waals surface area contributed by atoms with Crippen LogP contribution in [0.15, 0.2) is 72.8 Å². The summed E-state index contributed by atoms with van der Waals surface area (Å²) in [6.07, 6.45) is 1.20. The van der Waals surface area contributed by atoms with Gasteiger partial charge in [-0.05, 0) is 54.7 Å². The van der Waals surface area contributed by atoms with E-state index in [1.807, 2.05) is 62.4 Å². The highest BCUT2D eigenvalue weighted by Gasteiger charge is 2.31. The van der Waals surface area contributed by atoms with Crippen LogP contribution in [0.2, 0.25) is 10.0 Å². The Bertz CT molecular complexity index is 1190. The number of rotatable bonds is 12. The molecule has 0 aliphatic rings. The summed E-state index contributed by atoms with van der Waals surface area (Å²) in [6.45, 7) is 6.28. The standard InChI is InChI=1S/C30H34Cl2N2O2S/c1-4-22(3)33-30(36)28(16-23-11-6-5-7-12-23)34(18-24-14-15-26(31)17-27(24)32)29(35)20-37-19-25-13-9-8-10-21(25)2/h5-15,17,22,28H,4,16,18-20H2,1-3H3,(H,33,36). The monoisotopic (exact) mass is 556 g/mol. The summed E-state index contributed by atoms with van der Waals surface area (Å²) in [7, 11) is 0. The van der Waals surface area contributed by atoms with E-state index in [0.29, 0.717) is 16.5 Å². The van der Waals surface area contributed by atoms with E-state index in [4.69, 9.17) is 23.2 Å². The molecule has 0 aliphatic heterocycles. The second-order valence-electron chi connectivity index (χ2n) is 9.20. The first-order chi connectivity index (χ1) is 17.8. The third-order valence-corrected chi connectivity index (χ3v) is 7.93. The first-order valence-electron chi connectivity index (χ1n) is 12.5. The van der Waals surface area contributed by atoms with Crippen molar-refractivity contribution in [3.8, 4) is 0 Å². The normalized spacial score (nSPS) is 12.6. The van der Waals surface area contributed by atoms with Gasteiger partial charge in [0.2, 0.25) is 11.8 Å². The molecule has 0 aliphatic carbocycles. The maximum Gasteiger partial charge on any atom is 0.243 e. The van der Waals surface area contributed by atoms with Crippen LogP contribution in [0, 0.1) is 6.92 Å². The molecule has 3 rings (SSSR count). The fraction of sp³-hybridized carbons (Fsp3) is 0.333. The number of aryl methyl sites for hydroxylation is 1. The smallest absolute Gasteiger partial charge is 0.243 e. The van der Waals surface area contributed by atoms with Gasteiger partial charge in [0.1, 0.15) is 6.04 Å². The van der Waals surface area contributed by atoms with Crippen molar-refractivity contribution in [2.24, 2.45) is 0 Å². The van der Waals surface area contributed by atoms with Crippen LogP contribution >= 0.6 is 35.0 Å². The zero-order valence-corrected chi connectivity index (χ0v) is 23.9. The Hall–Kier alpha value is -2.47. The van der Waals surface area contributed by atoms with Crippen LogP contribution in [0.1, 0.15) is 42.5 Å². The van der Waals surface area contributed by atoms with Crippen molar-refractivity contribution in [1.82, 2.24) is 10.2 Å². The van der Waals surface area contributed by atoms with Gasteiger partial charge in [-0.15, -0.1) is 11.8 Å². The second kappa shape index (κ2) is 14.5. The molecular weight excluding hydrogens is 523 g/mol. The predicted molar refractivity (Wildman–Crippen MR) is 156 cm³/mol. The number of halogens is 2. The minimum atomic E-state index is -0.685. The molecule has 0 heterocycles. The highest BCUT2D eigenvalue weighted by molar-refractivity contribution is 7.99. The molecule has 0 saturated heterocycles. The molecule has 4 nitrogen and oxygen atoms in total. The lowest BCUT2D eigenvalue weighted by molar-refractivity contribution is -0.139. The molecule has 0 spiro atoms. The summed E-state index contributed by atoms with van der Waals surface area (Å²) in [6, 6.07) is 22.5. The number of hydrogen-bond acceptors (Lipinski definition) is 3. The maximum absolute atomic E-state index is 13.7. The van der Waals surface area contributed by atoms with Crippen molar-refractivity contribution in [2.75, 3.05) is 5.75 Å². The summed E-state index contributed by atoms with van der Waals surface area (Å²) in [5.74, 6) is 0.697. The molecule has 0 bridgehead atoms. The van der Waals surface area contributed by atoms with Gasteiger partial charge in [0, 0.05) is 34.8 Å². The van der Waals surface area contributed by atoms with Gasteiger partial charge in [0.05, 0.1) is 5.75 Å². The Kier molecular flexibility index (Phi) is 11.4. The Morgan fingerprint density at radius 2 is 1.68 bits per heavy atom. The Balaban J connectivity index is 1.89. The van der Waals surface area contributed by atoms with Crippen molar-refractivity contribution in [3.63, 3.8) is 0 Å². The lowest BCUT2D eigenvalue weighted by Gasteiger charge is -2.32. The van der Waals surface area contributed by atoms with Crippen LogP contribution in [-0.2, 0) is 28.3 Å². The number of thioether (sulfide) groups is 1. The molecule has 2 unspecified atom stereocenters. The number of carbonyl (C=O) groups excluding carboxylic acids is 2. The third kappa shape index (κ3) is 8.80. The molecule has 196 valence electrons. The SMILES string of the molecule is CCC(C)NC(=O)C(Cc1ccccc1)N(Cc1ccc(Cl)cc1Cl)C(=O)CSCc1ccccc1C. The zero-order chi connectivity index (χ0) is 26.8. The fourth-order valence-electron chi connectivity index (χ4n) is 3.93. The first-order valence-corrected chi connectivity index (χ1v) is 14.4. The molecule has 3 aromatic rings. The van der Waals surface area contributed by atoms with E-state index in [1.165, 1.54) is 11.1 Å². The lowest BCUT2D eigenvalue weighted by Crippen LogP contribution is -2.52. The Morgan fingerprint density at radius 3 is 2.35 bits per heavy atom. The van der Waals surface area contributed by atoms with Crippen LogP contribution in [-0.4, -0.2) is 34.6 Å². The van der Waals surface area contributed by atoms with Crippen LogP contribution < -0.4 is 5.32 Å². The van der Waals surface area contributed by atoms with Crippen LogP contribution in [0.5, 0.6) is 0 Å². The first kappa shape index (κ1) is 29.1. The van der Waals surface area contributed by atoms with Gasteiger partial charge < -0.3 is 10.2 Å². The van der Waals surface area contributed by atoms with E-state index in [1.54, 1.807) is 28.8 Å². The quantitative estimate of drug-likeness (QED) is 0.259. The molecule has 1 N–H and O–H groups in total. The lowest BCUT2D eigenvalue weighted by atomic mass is 10.0. The molecule has 0 saturated carbocycles. The van der Waals surface area contributed by atoms with E-state index in [2.05, 4.69) is 24.4 Å². The highest BCUT2D eigenvalue weighted by Crippen LogP contribution is 2.25. The largest absolute Gasteiger partial charge is 0.352 e. The van der Waals surface area contributed by atoms with Crippen molar-refractivity contribution < 1.29 is 9.59 Å². The number of amides is 2. The molecule has 2 atom stereocenters. The molecule has 7 heteroatoms. The minimum absolute atomic E-state index is 0.00252. The van der Waals surface area contributed by atoms with Gasteiger partial charge in [-0.1, -0.05) is 90.8 Å². The van der Waals surface area contributed by atoms with Gasteiger partial charge >= 0.3 is 0 Å². The summed E-state index contributed by atoms with van der Waals surface area (Å²) in [5.41, 5.74) is 4.13. The molecular formula is C30H34Cl2N2O2S. The summed E-state index contributed by atoms with van der Waals surface area (Å²) in [4.78, 5) is 29.0. The van der Waals surface area contributed by atoms with E-state index in [-0.39, 0.29) is 30.2 Å². The topological polar surface area (TPSA) is 49.4 Å². The van der Waals surface area contributed by atoms with Crippen molar-refractivity contribution in [1.29, 1.82) is 0 Å². The Morgan fingerprint density at radius 1 is 0.973 bits per heavy atom. The molecule has 0 aromatic heterocycles. The number of carbonyl (C=O) groups is 2. The predicted octanol–water partition coefficient (Wildman–Crippen LogP) is 7.09. The second-order valence-corrected chi connectivity index (χ2v) is 11.0. The zero-order valence-electron chi connectivity index (χ0n) is 21.5. The van der Waals surface area contributed by atoms with Crippen molar-refractivity contribution >= 4 is 46.8 Å². The van der Waals surface area contributed by atoms with Gasteiger partial charge in [-0.3, -0.25) is 9.59 Å². The average Bonchev–Trinajstić information content (AvgIpc) is 2.88. The third-order valence-electron chi connectivity index (χ3n) is 6.37. The number of benzene rings is 3. The van der Waals surface area contributed by atoms with E-state index in [9.17, 15) is 9.59 Å². The molecule has 3 aromatic carbocycles. The number of nitrogens with one attached hydrogen (secondary N) is 1. The van der Waals surface area contributed by atoms with Crippen LogP contribution in [0.3, 0.4) is 0 Å². The van der Waals surface area contributed by atoms with E-state index < -0.39 is 6.04 Å². The fourth-order valence-corrected chi connectivity index (χ4v) is 5.39. The number of hydrogen-bond donors (Lipinski definition) is 1. The summed E-state index contributed by atoms with van der Waals surface area (Å²) < 4.78 is 0. The molecule has 2 amide bonds. The van der Waals surface area contributed by atoms with Gasteiger partial charge in [-0.2, -0.15) is 0 Å². The van der Waals surface area contributed by atoms with Crippen molar-refractivity contribution in [2.45, 2.75) is 58.0 Å². The van der Waals surface area contributed by atoms with E-state index in [0.717, 1.165) is 23.3 Å². The molecule has 0 radical (unpaired) electrons. The van der Waals surface area contributed by atoms with E-state index >= 15 is 0 Å². The van der Waals surface area contributed by atoms with Gasteiger partial charge in [-0.25, -0.2) is 0 Å². The maximum atomic E-state index is 13.7. The highest BCUT2D eigenvalue weighted by atomic mass is 35.5. The van der Waals surface area contributed by atoms with Gasteiger partial charge in [0.15, 0.2) is 0 Å². The number of nitrogens with zero attached hydrogens (tertiary/aromatic N) is 1. The van der Waals surface area contributed by atoms with Crippen LogP contribution in [0.4, 0.5) is 0 Å². The van der Waals surface area contributed by atoms with Gasteiger partial charge in [0.25, 0.3) is 0 Å². The Labute approximate surface area is 234 Å². The van der Waals surface area contributed by atoms with Crippen molar-refractivity contribution in [3.05, 3.63) is 105 Å².